The summed E-state index contributed by atoms with van der Waals surface area (Å²) < 4.78 is 1.15. The number of guanidine groups is 1. The average Bonchev–Trinajstić information content (AvgIpc) is 3.01. The predicted octanol–water partition coefficient (Wildman–Crippen LogP) is 2.62. The Hall–Kier alpha value is -1.39. The van der Waals surface area contributed by atoms with E-state index < -0.39 is 17.4 Å². The minimum atomic E-state index is -0.716. The van der Waals surface area contributed by atoms with Crippen molar-refractivity contribution in [1.29, 1.82) is 0 Å². The van der Waals surface area contributed by atoms with Crippen LogP contribution in [0.3, 0.4) is 0 Å². The van der Waals surface area contributed by atoms with Crippen LogP contribution in [0.25, 0.3) is 10.1 Å². The lowest BCUT2D eigenvalue weighted by Gasteiger charge is -2.19. The van der Waals surface area contributed by atoms with Crippen molar-refractivity contribution in [3.63, 3.8) is 0 Å². The first-order valence-electron chi connectivity index (χ1n) is 8.32. The van der Waals surface area contributed by atoms with Gasteiger partial charge in [-0.3, -0.25) is 9.79 Å². The maximum Gasteiger partial charge on any atom is 0.224 e. The van der Waals surface area contributed by atoms with E-state index in [9.17, 15) is 9.90 Å². The zero-order chi connectivity index (χ0) is 18.4. The smallest absolute Gasteiger partial charge is 0.224 e. The Morgan fingerprint density at radius 3 is 2.65 bits per heavy atom. The van der Waals surface area contributed by atoms with Crippen LogP contribution in [-0.4, -0.2) is 36.6 Å². The Labute approximate surface area is 175 Å². The van der Waals surface area contributed by atoms with E-state index >= 15 is 0 Å². The van der Waals surface area contributed by atoms with Gasteiger partial charge in [-0.25, -0.2) is 0 Å². The molecule has 1 amide bonds. The normalized spacial score (nSPS) is 13.2. The number of primary amides is 1. The van der Waals surface area contributed by atoms with E-state index in [0.717, 1.165) is 15.0 Å². The van der Waals surface area contributed by atoms with Crippen molar-refractivity contribution >= 4 is 57.3 Å². The largest absolute Gasteiger partial charge is 0.386 e. The van der Waals surface area contributed by atoms with Crippen molar-refractivity contribution in [2.45, 2.75) is 26.9 Å². The van der Waals surface area contributed by atoms with Gasteiger partial charge in [0.25, 0.3) is 0 Å². The van der Waals surface area contributed by atoms with Crippen LogP contribution in [0.15, 0.2) is 35.3 Å². The van der Waals surface area contributed by atoms with Gasteiger partial charge < -0.3 is 21.5 Å². The molecule has 26 heavy (non-hydrogen) atoms. The second-order valence-corrected chi connectivity index (χ2v) is 7.64. The highest BCUT2D eigenvalue weighted by atomic mass is 127. The van der Waals surface area contributed by atoms with E-state index in [0.29, 0.717) is 19.0 Å². The second kappa shape index (κ2) is 10.1. The highest BCUT2D eigenvalue weighted by Crippen LogP contribution is 2.29. The molecule has 6 nitrogen and oxygen atoms in total. The third kappa shape index (κ3) is 6.10. The van der Waals surface area contributed by atoms with Crippen molar-refractivity contribution < 1.29 is 9.90 Å². The third-order valence-corrected chi connectivity index (χ3v) is 5.10. The molecule has 1 heterocycles. The number of hydrogen-bond donors (Lipinski definition) is 4. The molecule has 8 heteroatoms. The summed E-state index contributed by atoms with van der Waals surface area (Å²) in [4.78, 5) is 16.7. The summed E-state index contributed by atoms with van der Waals surface area (Å²) in [6, 6.07) is 10.1. The molecule has 0 aliphatic rings. The first kappa shape index (κ1) is 22.7. The van der Waals surface area contributed by atoms with Crippen molar-refractivity contribution in [1.82, 2.24) is 10.6 Å². The minimum absolute atomic E-state index is 0. The number of nitrogens with one attached hydrogen (secondary N) is 2. The van der Waals surface area contributed by atoms with Crippen molar-refractivity contribution in [2.24, 2.45) is 16.1 Å². The minimum Gasteiger partial charge on any atom is -0.386 e. The Balaban J connectivity index is 0.00000338. The number of rotatable bonds is 7. The van der Waals surface area contributed by atoms with Gasteiger partial charge in [-0.15, -0.1) is 35.3 Å². The Kier molecular flexibility index (Phi) is 8.78. The molecular formula is C18H27IN4O2S. The monoisotopic (exact) mass is 490 g/mol. The second-order valence-electron chi connectivity index (χ2n) is 6.53. The third-order valence-electron chi connectivity index (χ3n) is 3.88. The van der Waals surface area contributed by atoms with Gasteiger partial charge in [0.1, 0.15) is 6.10 Å². The molecule has 2 aromatic rings. The van der Waals surface area contributed by atoms with Crippen LogP contribution >= 0.6 is 35.3 Å². The lowest BCUT2D eigenvalue weighted by Crippen LogP contribution is -2.41. The van der Waals surface area contributed by atoms with Gasteiger partial charge in [-0.1, -0.05) is 18.2 Å². The average molecular weight is 490 g/mol. The number of thiophene rings is 1. The fraction of sp³-hybridized carbons (Fsp3) is 0.444. The molecule has 0 fully saturated rings. The van der Waals surface area contributed by atoms with Crippen LogP contribution in [0, 0.1) is 5.41 Å². The van der Waals surface area contributed by atoms with Crippen LogP contribution in [0.1, 0.15) is 31.8 Å². The lowest BCUT2D eigenvalue weighted by molar-refractivity contribution is -0.125. The molecule has 0 radical (unpaired) electrons. The fourth-order valence-corrected chi connectivity index (χ4v) is 3.21. The molecule has 0 aliphatic heterocycles. The van der Waals surface area contributed by atoms with Crippen molar-refractivity contribution in [2.75, 3.05) is 19.6 Å². The number of aliphatic hydroxyl groups excluding tert-OH is 1. The summed E-state index contributed by atoms with van der Waals surface area (Å²) in [5.41, 5.74) is 4.66. The molecule has 1 unspecified atom stereocenters. The van der Waals surface area contributed by atoms with E-state index in [1.165, 1.54) is 0 Å². The van der Waals surface area contributed by atoms with Crippen LogP contribution in [0.4, 0.5) is 0 Å². The number of carbonyl (C=O) groups is 1. The number of aliphatic hydroxyl groups is 1. The number of benzene rings is 1. The molecule has 0 bridgehead atoms. The summed E-state index contributed by atoms with van der Waals surface area (Å²) in [6.45, 7) is 6.76. The maximum atomic E-state index is 11.4. The summed E-state index contributed by atoms with van der Waals surface area (Å²) in [7, 11) is 0. The summed E-state index contributed by atoms with van der Waals surface area (Å²) in [6.07, 6.45) is -0.634. The van der Waals surface area contributed by atoms with Crippen molar-refractivity contribution in [3.8, 4) is 0 Å². The summed E-state index contributed by atoms with van der Waals surface area (Å²) >= 11 is 1.58. The van der Waals surface area contributed by atoms with Gasteiger partial charge in [-0.05, 0) is 38.3 Å². The predicted molar refractivity (Wildman–Crippen MR) is 119 cm³/mol. The van der Waals surface area contributed by atoms with E-state index in [4.69, 9.17) is 5.73 Å². The number of nitrogens with two attached hydrogens (primary N) is 1. The molecular weight excluding hydrogens is 463 g/mol. The summed E-state index contributed by atoms with van der Waals surface area (Å²) in [5.74, 6) is 0.161. The van der Waals surface area contributed by atoms with Crippen LogP contribution in [0.5, 0.6) is 0 Å². The quantitative estimate of drug-likeness (QED) is 0.273. The highest BCUT2D eigenvalue weighted by molar-refractivity contribution is 14.0. The van der Waals surface area contributed by atoms with Crippen LogP contribution in [-0.2, 0) is 4.79 Å². The van der Waals surface area contributed by atoms with Gasteiger partial charge >= 0.3 is 0 Å². The van der Waals surface area contributed by atoms with Crippen LogP contribution in [0.2, 0.25) is 0 Å². The summed E-state index contributed by atoms with van der Waals surface area (Å²) in [5, 5.41) is 17.8. The van der Waals surface area contributed by atoms with Gasteiger partial charge in [0.05, 0.1) is 12.0 Å². The van der Waals surface area contributed by atoms with Gasteiger partial charge in [0.15, 0.2) is 5.96 Å². The molecule has 5 N–H and O–H groups in total. The zero-order valence-corrected chi connectivity index (χ0v) is 18.4. The van der Waals surface area contributed by atoms with Crippen molar-refractivity contribution in [3.05, 3.63) is 35.2 Å². The SMILES string of the molecule is CCNC(=NCC(C)(C)C(N)=O)NCC(O)c1cc2ccccc2s1.I. The molecule has 1 aromatic heterocycles. The number of aliphatic imine (C=N–C) groups is 1. The standard InChI is InChI=1S/C18H26N4O2S.HI/c1-4-20-17(22-11-18(2,3)16(19)24)21-10-13(23)15-9-12-7-5-6-8-14(12)25-15;/h5-9,13,23H,4,10-11H2,1-3H3,(H2,19,24)(H2,20,21,22);1H. The zero-order valence-electron chi connectivity index (χ0n) is 15.3. The number of fused-ring (bicyclic) bond motifs is 1. The molecule has 2 rings (SSSR count). The molecule has 0 spiro atoms. The van der Waals surface area contributed by atoms with E-state index in [2.05, 4.69) is 15.6 Å². The van der Waals surface area contributed by atoms with Gasteiger partial charge in [-0.2, -0.15) is 0 Å². The van der Waals surface area contributed by atoms with Crippen LogP contribution < -0.4 is 16.4 Å². The lowest BCUT2D eigenvalue weighted by atomic mass is 9.93. The van der Waals surface area contributed by atoms with Gasteiger partial charge in [0.2, 0.25) is 5.91 Å². The molecule has 0 saturated heterocycles. The fourth-order valence-electron chi connectivity index (χ4n) is 2.16. The van der Waals surface area contributed by atoms with E-state index in [-0.39, 0.29) is 30.5 Å². The Morgan fingerprint density at radius 2 is 2.04 bits per heavy atom. The first-order valence-corrected chi connectivity index (χ1v) is 9.13. The molecule has 1 aromatic carbocycles. The molecule has 0 aliphatic carbocycles. The number of carbonyl (C=O) groups excluding carboxylic acids is 1. The number of hydrogen-bond acceptors (Lipinski definition) is 4. The van der Waals surface area contributed by atoms with E-state index in [1.807, 2.05) is 37.3 Å². The number of nitrogens with zero attached hydrogens (tertiary/aromatic N) is 1. The highest BCUT2D eigenvalue weighted by Gasteiger charge is 2.24. The maximum absolute atomic E-state index is 11.4. The number of halogens is 1. The topological polar surface area (TPSA) is 99.7 Å². The first-order chi connectivity index (χ1) is 11.8. The molecule has 0 saturated carbocycles. The Morgan fingerprint density at radius 1 is 1.35 bits per heavy atom. The Bertz CT molecular complexity index is 727. The molecule has 1 atom stereocenters. The van der Waals surface area contributed by atoms with Gasteiger partial charge in [0, 0.05) is 22.7 Å². The number of amides is 1. The van der Waals surface area contributed by atoms with E-state index in [1.54, 1.807) is 25.2 Å². The molecule has 144 valence electrons.